The van der Waals surface area contributed by atoms with Gasteiger partial charge in [-0.3, -0.25) is 9.69 Å². The average molecular weight is 398 g/mol. The highest BCUT2D eigenvalue weighted by atomic mass is 16.5. The van der Waals surface area contributed by atoms with E-state index in [2.05, 4.69) is 21.9 Å². The lowest BCUT2D eigenvalue weighted by Gasteiger charge is -2.43. The summed E-state index contributed by atoms with van der Waals surface area (Å²) in [5.41, 5.74) is 3.45. The predicted octanol–water partition coefficient (Wildman–Crippen LogP) is 2.55. The molecular formula is C23H31N3O3. The number of aromatic nitrogens is 1. The number of benzene rings is 1. The molecule has 6 heteroatoms. The maximum atomic E-state index is 13.0. The standard InChI is InChI=1S/C23H31N3O3/c1-24(2)13-18-6-8-21-19-9-16(12-26(21)23(18)27)11-25(15-19)14-17-5-7-20(28-3)10-22(17)29-4/h5-8,10,16,19H,9,11-15H2,1-4H3/t16-,19+/m0/s1. The Morgan fingerprint density at radius 2 is 1.83 bits per heavy atom. The van der Waals surface area contributed by atoms with Crippen molar-refractivity contribution in [1.82, 2.24) is 14.4 Å². The van der Waals surface area contributed by atoms with Crippen LogP contribution >= 0.6 is 0 Å². The molecule has 2 aromatic rings. The molecule has 1 fully saturated rings. The first-order chi connectivity index (χ1) is 14.0. The SMILES string of the molecule is COc1ccc(CN2C[C@@H]3C[C@H](C2)c2ccc(CN(C)C)c(=O)n2C3)c(OC)c1. The summed E-state index contributed by atoms with van der Waals surface area (Å²) in [5, 5.41) is 0. The summed E-state index contributed by atoms with van der Waals surface area (Å²) in [7, 11) is 7.38. The summed E-state index contributed by atoms with van der Waals surface area (Å²) in [6.45, 7) is 4.34. The zero-order chi connectivity index (χ0) is 20.5. The number of rotatable bonds is 6. The minimum absolute atomic E-state index is 0.191. The number of hydrogen-bond acceptors (Lipinski definition) is 5. The summed E-state index contributed by atoms with van der Waals surface area (Å²) < 4.78 is 12.9. The Hall–Kier alpha value is -2.31. The van der Waals surface area contributed by atoms with Gasteiger partial charge in [-0.1, -0.05) is 12.1 Å². The Labute approximate surface area is 172 Å². The lowest BCUT2D eigenvalue weighted by Crippen LogP contribution is -2.47. The molecule has 0 spiro atoms. The summed E-state index contributed by atoms with van der Waals surface area (Å²) in [6, 6.07) is 10.2. The molecule has 1 aromatic heterocycles. The van der Waals surface area contributed by atoms with Crippen molar-refractivity contribution >= 4 is 0 Å². The van der Waals surface area contributed by atoms with E-state index in [-0.39, 0.29) is 5.56 Å². The molecule has 1 aromatic carbocycles. The second-order valence-corrected chi connectivity index (χ2v) is 8.61. The molecular weight excluding hydrogens is 366 g/mol. The monoisotopic (exact) mass is 397 g/mol. The molecule has 2 aliphatic rings. The largest absolute Gasteiger partial charge is 0.497 e. The van der Waals surface area contributed by atoms with E-state index >= 15 is 0 Å². The van der Waals surface area contributed by atoms with Crippen LogP contribution in [0.25, 0.3) is 0 Å². The van der Waals surface area contributed by atoms with Gasteiger partial charge in [0, 0.05) is 61.5 Å². The first kappa shape index (κ1) is 20.0. The van der Waals surface area contributed by atoms with Crippen LogP contribution in [0, 0.1) is 5.92 Å². The minimum Gasteiger partial charge on any atom is -0.497 e. The predicted molar refractivity (Wildman–Crippen MR) is 114 cm³/mol. The number of nitrogens with zero attached hydrogens (tertiary/aromatic N) is 3. The fourth-order valence-electron chi connectivity index (χ4n) is 4.90. The van der Waals surface area contributed by atoms with E-state index in [1.54, 1.807) is 14.2 Å². The van der Waals surface area contributed by atoms with Gasteiger partial charge in [0.25, 0.3) is 5.56 Å². The molecule has 0 saturated carbocycles. The zero-order valence-electron chi connectivity index (χ0n) is 17.9. The maximum absolute atomic E-state index is 13.0. The van der Waals surface area contributed by atoms with Gasteiger partial charge in [0.2, 0.25) is 0 Å². The van der Waals surface area contributed by atoms with Crippen LogP contribution in [-0.4, -0.2) is 55.8 Å². The van der Waals surface area contributed by atoms with Crippen LogP contribution in [0.2, 0.25) is 0 Å². The minimum atomic E-state index is 0.191. The molecule has 3 heterocycles. The van der Waals surface area contributed by atoms with Gasteiger partial charge in [0.05, 0.1) is 14.2 Å². The molecule has 0 aliphatic carbocycles. The van der Waals surface area contributed by atoms with Crippen molar-refractivity contribution < 1.29 is 9.47 Å². The highest BCUT2D eigenvalue weighted by Crippen LogP contribution is 2.36. The molecule has 1 saturated heterocycles. The zero-order valence-corrected chi connectivity index (χ0v) is 17.9. The number of hydrogen-bond donors (Lipinski definition) is 0. The first-order valence-corrected chi connectivity index (χ1v) is 10.3. The third-order valence-electron chi connectivity index (χ3n) is 6.13. The molecule has 2 atom stereocenters. The van der Waals surface area contributed by atoms with Gasteiger partial charge in [-0.25, -0.2) is 0 Å². The van der Waals surface area contributed by atoms with E-state index < -0.39 is 0 Å². The fourth-order valence-corrected chi connectivity index (χ4v) is 4.90. The summed E-state index contributed by atoms with van der Waals surface area (Å²) in [5.74, 6) is 2.60. The van der Waals surface area contributed by atoms with Gasteiger partial charge in [-0.15, -0.1) is 0 Å². The van der Waals surface area contributed by atoms with Crippen molar-refractivity contribution in [1.29, 1.82) is 0 Å². The molecule has 0 radical (unpaired) electrons. The molecule has 156 valence electrons. The van der Waals surface area contributed by atoms with Crippen LogP contribution in [-0.2, 0) is 19.6 Å². The van der Waals surface area contributed by atoms with E-state index in [1.807, 2.05) is 36.9 Å². The quantitative estimate of drug-likeness (QED) is 0.750. The molecule has 29 heavy (non-hydrogen) atoms. The molecule has 0 amide bonds. The lowest BCUT2D eigenvalue weighted by molar-refractivity contribution is 0.113. The van der Waals surface area contributed by atoms with Crippen molar-refractivity contribution in [3.63, 3.8) is 0 Å². The van der Waals surface area contributed by atoms with Gasteiger partial charge in [-0.05, 0) is 38.6 Å². The number of ether oxygens (including phenoxy) is 2. The highest BCUT2D eigenvalue weighted by Gasteiger charge is 2.35. The number of methoxy groups -OCH3 is 2. The number of fused-ring (bicyclic) bond motifs is 4. The normalized spacial score (nSPS) is 21.1. The third-order valence-corrected chi connectivity index (χ3v) is 6.13. The topological polar surface area (TPSA) is 46.9 Å². The molecule has 4 rings (SSSR count). The van der Waals surface area contributed by atoms with Crippen LogP contribution in [0.5, 0.6) is 11.5 Å². The summed E-state index contributed by atoms with van der Waals surface area (Å²) in [6.07, 6.45) is 1.17. The van der Waals surface area contributed by atoms with Crippen molar-refractivity contribution in [3.8, 4) is 11.5 Å². The number of pyridine rings is 1. The Morgan fingerprint density at radius 3 is 2.55 bits per heavy atom. The van der Waals surface area contributed by atoms with E-state index in [4.69, 9.17) is 9.47 Å². The number of piperidine rings is 1. The highest BCUT2D eigenvalue weighted by molar-refractivity contribution is 5.40. The van der Waals surface area contributed by atoms with Crippen molar-refractivity contribution in [2.75, 3.05) is 41.4 Å². The third kappa shape index (κ3) is 4.05. The van der Waals surface area contributed by atoms with Crippen LogP contribution in [0.4, 0.5) is 0 Å². The molecule has 2 aliphatic heterocycles. The lowest BCUT2D eigenvalue weighted by atomic mass is 9.82. The van der Waals surface area contributed by atoms with Crippen LogP contribution in [0.3, 0.4) is 0 Å². The number of likely N-dealkylation sites (tertiary alicyclic amines) is 1. The van der Waals surface area contributed by atoms with Crippen LogP contribution in [0.1, 0.15) is 29.2 Å². The second-order valence-electron chi connectivity index (χ2n) is 8.61. The summed E-state index contributed by atoms with van der Waals surface area (Å²) >= 11 is 0. The van der Waals surface area contributed by atoms with Crippen LogP contribution < -0.4 is 15.0 Å². The van der Waals surface area contributed by atoms with E-state index in [9.17, 15) is 4.79 Å². The Balaban J connectivity index is 1.55. The fraction of sp³-hybridized carbons (Fsp3) is 0.522. The van der Waals surface area contributed by atoms with Gasteiger partial charge in [0.15, 0.2) is 0 Å². The average Bonchev–Trinajstić information content (AvgIpc) is 2.70. The molecule has 6 nitrogen and oxygen atoms in total. The maximum Gasteiger partial charge on any atom is 0.255 e. The van der Waals surface area contributed by atoms with E-state index in [0.717, 1.165) is 43.2 Å². The summed E-state index contributed by atoms with van der Waals surface area (Å²) in [4.78, 5) is 17.5. The molecule has 0 unspecified atom stereocenters. The van der Waals surface area contributed by atoms with Crippen LogP contribution in [0.15, 0.2) is 35.1 Å². The van der Waals surface area contributed by atoms with E-state index in [0.29, 0.717) is 18.4 Å². The van der Waals surface area contributed by atoms with Gasteiger partial charge < -0.3 is 18.9 Å². The van der Waals surface area contributed by atoms with Crippen molar-refractivity contribution in [2.24, 2.45) is 5.92 Å². The van der Waals surface area contributed by atoms with Gasteiger partial charge >= 0.3 is 0 Å². The van der Waals surface area contributed by atoms with Gasteiger partial charge in [-0.2, -0.15) is 0 Å². The Morgan fingerprint density at radius 1 is 1.03 bits per heavy atom. The van der Waals surface area contributed by atoms with Gasteiger partial charge in [0.1, 0.15) is 11.5 Å². The first-order valence-electron chi connectivity index (χ1n) is 10.3. The van der Waals surface area contributed by atoms with E-state index in [1.165, 1.54) is 17.7 Å². The Kier molecular flexibility index (Phi) is 5.65. The smallest absolute Gasteiger partial charge is 0.255 e. The molecule has 0 N–H and O–H groups in total. The Bertz CT molecular complexity index is 937. The molecule has 2 bridgehead atoms. The second kappa shape index (κ2) is 8.20. The van der Waals surface area contributed by atoms with Crippen molar-refractivity contribution in [2.45, 2.75) is 32.0 Å². The van der Waals surface area contributed by atoms with Crippen molar-refractivity contribution in [3.05, 3.63) is 57.5 Å².